The number of hydroxylamine groups is 2. The molecule has 2 aromatic rings. The number of benzene rings is 2. The van der Waals surface area contributed by atoms with Gasteiger partial charge in [-0.15, -0.1) is 0 Å². The molecule has 24 heavy (non-hydrogen) atoms. The first-order valence-corrected chi connectivity index (χ1v) is 7.42. The Morgan fingerprint density at radius 2 is 1.96 bits per heavy atom. The van der Waals surface area contributed by atoms with E-state index in [2.05, 4.69) is 5.10 Å². The van der Waals surface area contributed by atoms with Crippen LogP contribution in [0, 0.1) is 5.82 Å². The molecule has 0 fully saturated rings. The van der Waals surface area contributed by atoms with Crippen molar-refractivity contribution in [2.24, 2.45) is 5.10 Å². The maximum absolute atomic E-state index is 13.1. The predicted octanol–water partition coefficient (Wildman–Crippen LogP) is 3.43. The molecule has 0 saturated carbocycles. The molecule has 0 aromatic heterocycles. The molecule has 1 aliphatic heterocycles. The zero-order chi connectivity index (χ0) is 17.3. The maximum atomic E-state index is 13.1. The summed E-state index contributed by atoms with van der Waals surface area (Å²) in [5.74, 6) is -0.840. The Hall–Kier alpha value is -2.70. The second kappa shape index (κ2) is 6.43. The predicted molar refractivity (Wildman–Crippen MR) is 89.5 cm³/mol. The lowest BCUT2D eigenvalue weighted by Crippen LogP contribution is -2.22. The molecule has 2 aromatic carbocycles. The van der Waals surface area contributed by atoms with Crippen molar-refractivity contribution in [3.05, 3.63) is 76.7 Å². The van der Waals surface area contributed by atoms with Gasteiger partial charge in [0.1, 0.15) is 11.5 Å². The molecule has 0 aliphatic carbocycles. The summed E-state index contributed by atoms with van der Waals surface area (Å²) in [6, 6.07) is 12.3. The van der Waals surface area contributed by atoms with Crippen LogP contribution < -0.4 is 5.01 Å². The van der Waals surface area contributed by atoms with E-state index in [9.17, 15) is 14.4 Å². The van der Waals surface area contributed by atoms with Crippen LogP contribution in [-0.2, 0) is 4.79 Å². The highest BCUT2D eigenvalue weighted by Gasteiger charge is 2.32. The number of carbonyl (C=O) groups excluding carboxylic acids is 1. The summed E-state index contributed by atoms with van der Waals surface area (Å²) >= 11 is 6.01. The largest absolute Gasteiger partial charge is 0.289 e. The van der Waals surface area contributed by atoms with E-state index in [1.54, 1.807) is 24.3 Å². The lowest BCUT2D eigenvalue weighted by atomic mass is 10.0. The van der Waals surface area contributed by atoms with Crippen molar-refractivity contribution in [3.8, 4) is 0 Å². The van der Waals surface area contributed by atoms with Crippen molar-refractivity contribution in [2.75, 3.05) is 12.1 Å². The summed E-state index contributed by atoms with van der Waals surface area (Å²) in [6.07, 6.45) is 1.27. The molecule has 3 rings (SSSR count). The Balaban J connectivity index is 2.10. The van der Waals surface area contributed by atoms with Crippen LogP contribution in [0.1, 0.15) is 5.56 Å². The van der Waals surface area contributed by atoms with Crippen LogP contribution in [0.2, 0.25) is 5.02 Å². The van der Waals surface area contributed by atoms with Crippen molar-refractivity contribution in [1.82, 2.24) is 5.06 Å². The number of hydrogen-bond acceptors (Lipinski definition) is 4. The molecule has 0 spiro atoms. The minimum atomic E-state index is -0.433. The van der Waals surface area contributed by atoms with Crippen molar-refractivity contribution in [1.29, 1.82) is 0 Å². The van der Waals surface area contributed by atoms with Gasteiger partial charge in [-0.25, -0.2) is 4.39 Å². The van der Waals surface area contributed by atoms with Crippen molar-refractivity contribution in [2.45, 2.75) is 0 Å². The summed E-state index contributed by atoms with van der Waals surface area (Å²) in [5, 5.41) is 16.3. The highest BCUT2D eigenvalue weighted by Crippen LogP contribution is 2.27. The molecule has 0 atom stereocenters. The number of hydrazone groups is 1. The van der Waals surface area contributed by atoms with Gasteiger partial charge in [0.05, 0.1) is 11.3 Å². The normalized spacial score (nSPS) is 15.8. The van der Waals surface area contributed by atoms with Gasteiger partial charge < -0.3 is 0 Å². The first-order valence-electron chi connectivity index (χ1n) is 7.04. The zero-order valence-electron chi connectivity index (χ0n) is 12.6. The molecule has 122 valence electrons. The van der Waals surface area contributed by atoms with Crippen LogP contribution in [-0.4, -0.2) is 28.9 Å². The van der Waals surface area contributed by atoms with Gasteiger partial charge in [-0.1, -0.05) is 23.7 Å². The highest BCUT2D eigenvalue weighted by atomic mass is 35.5. The lowest BCUT2D eigenvalue weighted by Gasteiger charge is -2.11. The van der Waals surface area contributed by atoms with E-state index in [0.717, 1.165) is 10.1 Å². The summed E-state index contributed by atoms with van der Waals surface area (Å²) in [5.41, 5.74) is 1.62. The van der Waals surface area contributed by atoms with E-state index in [4.69, 9.17) is 11.6 Å². The fourth-order valence-electron chi connectivity index (χ4n) is 2.32. The van der Waals surface area contributed by atoms with Gasteiger partial charge in [0.25, 0.3) is 5.91 Å². The Bertz CT molecular complexity index is 847. The van der Waals surface area contributed by atoms with Crippen LogP contribution in [0.5, 0.6) is 0 Å². The summed E-state index contributed by atoms with van der Waals surface area (Å²) < 4.78 is 13.1. The quantitative estimate of drug-likeness (QED) is 0.685. The number of nitrogens with zero attached hydrogens (tertiary/aromatic N) is 3. The zero-order valence-corrected chi connectivity index (χ0v) is 13.4. The molecule has 0 radical (unpaired) electrons. The molecule has 7 heteroatoms. The van der Waals surface area contributed by atoms with Gasteiger partial charge in [-0.3, -0.25) is 15.1 Å². The first kappa shape index (κ1) is 16.2. The number of rotatable bonds is 3. The van der Waals surface area contributed by atoms with Gasteiger partial charge in [0.15, 0.2) is 0 Å². The molecule has 1 amide bonds. The van der Waals surface area contributed by atoms with Crippen molar-refractivity contribution >= 4 is 28.9 Å². The van der Waals surface area contributed by atoms with Crippen LogP contribution in [0.3, 0.4) is 0 Å². The molecule has 5 nitrogen and oxygen atoms in total. The Labute approximate surface area is 142 Å². The highest BCUT2D eigenvalue weighted by molar-refractivity contribution is 6.36. The third kappa shape index (κ3) is 3.15. The molecule has 1 N–H and O–H groups in total. The lowest BCUT2D eigenvalue weighted by molar-refractivity contribution is -0.114. The first-order chi connectivity index (χ1) is 11.5. The van der Waals surface area contributed by atoms with Gasteiger partial charge in [-0.05, 0) is 36.4 Å². The Kier molecular flexibility index (Phi) is 4.33. The summed E-state index contributed by atoms with van der Waals surface area (Å²) in [7, 11) is 1.39. The van der Waals surface area contributed by atoms with Crippen LogP contribution >= 0.6 is 11.6 Å². The van der Waals surface area contributed by atoms with Crippen LogP contribution in [0.25, 0.3) is 0 Å². The van der Waals surface area contributed by atoms with E-state index >= 15 is 0 Å². The third-order valence-electron chi connectivity index (χ3n) is 3.36. The average Bonchev–Trinajstić information content (AvgIpc) is 2.85. The van der Waals surface area contributed by atoms with E-state index in [-0.39, 0.29) is 5.57 Å². The molecular formula is C17H13ClFN3O2. The summed E-state index contributed by atoms with van der Waals surface area (Å²) in [6.45, 7) is 0. The Morgan fingerprint density at radius 1 is 1.25 bits per heavy atom. The molecule has 1 aliphatic rings. The fraction of sp³-hybridized carbons (Fsp3) is 0.0588. The smallest absolute Gasteiger partial charge is 0.282 e. The SMILES string of the molecule is CN(O)C=C1C(=O)N(c2ccc(F)cc2)N=C1c1cccc(Cl)c1. The number of carbonyl (C=O) groups is 1. The van der Waals surface area contributed by atoms with Crippen LogP contribution in [0.4, 0.5) is 10.1 Å². The fourth-order valence-corrected chi connectivity index (χ4v) is 2.51. The number of halogens is 2. The van der Waals surface area contributed by atoms with Gasteiger partial charge in [0, 0.05) is 23.8 Å². The number of hydrogen-bond donors (Lipinski definition) is 1. The number of anilines is 1. The van der Waals surface area contributed by atoms with E-state index in [1.165, 1.54) is 37.5 Å². The summed E-state index contributed by atoms with van der Waals surface area (Å²) in [4.78, 5) is 12.7. The standard InChI is InChI=1S/C17H13ClFN3O2/c1-21(24)10-15-16(11-3-2-4-12(18)9-11)20-22(17(15)23)14-7-5-13(19)6-8-14/h2-10,24H,1H3. The molecule has 0 saturated heterocycles. The van der Waals surface area contributed by atoms with Crippen LogP contribution in [0.15, 0.2) is 65.4 Å². The molecule has 0 unspecified atom stereocenters. The van der Waals surface area contributed by atoms with E-state index < -0.39 is 11.7 Å². The molecule has 0 bridgehead atoms. The third-order valence-corrected chi connectivity index (χ3v) is 3.60. The monoisotopic (exact) mass is 345 g/mol. The minimum Gasteiger partial charge on any atom is -0.289 e. The topological polar surface area (TPSA) is 56.1 Å². The maximum Gasteiger partial charge on any atom is 0.282 e. The van der Waals surface area contributed by atoms with Crippen molar-refractivity contribution < 1.29 is 14.4 Å². The molecule has 1 heterocycles. The van der Waals surface area contributed by atoms with Gasteiger partial charge in [0.2, 0.25) is 0 Å². The second-order valence-corrected chi connectivity index (χ2v) is 5.61. The second-order valence-electron chi connectivity index (χ2n) is 5.17. The Morgan fingerprint density at radius 3 is 2.58 bits per heavy atom. The number of amides is 1. The van der Waals surface area contributed by atoms with E-state index in [1.807, 2.05) is 0 Å². The molecular weight excluding hydrogens is 333 g/mol. The minimum absolute atomic E-state index is 0.201. The van der Waals surface area contributed by atoms with Crippen molar-refractivity contribution in [3.63, 3.8) is 0 Å². The van der Waals surface area contributed by atoms with E-state index in [0.29, 0.717) is 22.0 Å². The average molecular weight is 346 g/mol. The van der Waals surface area contributed by atoms with Gasteiger partial charge in [-0.2, -0.15) is 10.1 Å². The van der Waals surface area contributed by atoms with Gasteiger partial charge >= 0.3 is 0 Å².